The molecular weight excluding hydrogens is 252 g/mol. The van der Waals surface area contributed by atoms with Crippen LogP contribution in [0.5, 0.6) is 0 Å². The molecule has 92 valence electrons. The lowest BCUT2D eigenvalue weighted by Gasteiger charge is -2.03. The maximum Gasteiger partial charge on any atom is 0.225 e. The van der Waals surface area contributed by atoms with Crippen molar-refractivity contribution in [3.63, 3.8) is 0 Å². The fourth-order valence-corrected chi connectivity index (χ4v) is 2.28. The molecule has 9 heteroatoms. The van der Waals surface area contributed by atoms with E-state index in [0.717, 1.165) is 15.7 Å². The largest absolute Gasteiger partial charge is 0.357 e. The van der Waals surface area contributed by atoms with E-state index in [9.17, 15) is 0 Å². The quantitative estimate of drug-likeness (QED) is 0.669. The van der Waals surface area contributed by atoms with E-state index in [1.165, 1.54) is 11.8 Å². The minimum atomic E-state index is 0.527. The summed E-state index contributed by atoms with van der Waals surface area (Å²) >= 11 is 1.41. The maximum atomic E-state index is 4.40. The zero-order chi connectivity index (χ0) is 12.5. The van der Waals surface area contributed by atoms with Crippen molar-refractivity contribution in [3.8, 4) is 0 Å². The summed E-state index contributed by atoms with van der Waals surface area (Å²) < 4.78 is 1.83. The predicted octanol–water partition coefficient (Wildman–Crippen LogP) is 0.674. The second-order valence-electron chi connectivity index (χ2n) is 3.53. The van der Waals surface area contributed by atoms with Crippen molar-refractivity contribution >= 4 is 28.9 Å². The number of aryl methyl sites for hydroxylation is 1. The average molecular weight is 262 g/mol. The lowest BCUT2D eigenvalue weighted by molar-refractivity contribution is 0.787. The number of aromatic nitrogens is 7. The van der Waals surface area contributed by atoms with Crippen molar-refractivity contribution in [1.82, 2.24) is 34.7 Å². The number of H-pyrrole nitrogens is 1. The smallest absolute Gasteiger partial charge is 0.225 e. The number of anilines is 1. The van der Waals surface area contributed by atoms with E-state index in [2.05, 4.69) is 35.5 Å². The topological polar surface area (TPSA) is 97.2 Å². The summed E-state index contributed by atoms with van der Waals surface area (Å²) in [7, 11) is 3.65. The second-order valence-corrected chi connectivity index (χ2v) is 4.49. The van der Waals surface area contributed by atoms with Gasteiger partial charge in [0.25, 0.3) is 0 Å². The molecule has 0 saturated heterocycles. The number of hydrogen-bond donors (Lipinski definition) is 2. The van der Waals surface area contributed by atoms with Gasteiger partial charge in [-0.1, -0.05) is 0 Å². The van der Waals surface area contributed by atoms with E-state index < -0.39 is 0 Å². The molecule has 0 aliphatic rings. The number of nitrogens with one attached hydrogen (secondary N) is 2. The van der Waals surface area contributed by atoms with Crippen LogP contribution in [0.25, 0.3) is 11.2 Å². The Morgan fingerprint density at radius 1 is 1.39 bits per heavy atom. The molecule has 0 aromatic carbocycles. The third kappa shape index (κ3) is 1.78. The number of imidazole rings is 1. The van der Waals surface area contributed by atoms with Crippen molar-refractivity contribution in [2.75, 3.05) is 12.4 Å². The molecule has 0 unspecified atom stereocenters. The van der Waals surface area contributed by atoms with Gasteiger partial charge in [0.2, 0.25) is 5.95 Å². The molecule has 3 rings (SSSR count). The van der Waals surface area contributed by atoms with Gasteiger partial charge in [-0.05, 0) is 11.8 Å². The van der Waals surface area contributed by atoms with Gasteiger partial charge in [-0.25, -0.2) is 9.97 Å². The highest BCUT2D eigenvalue weighted by atomic mass is 32.2. The SMILES string of the molecule is CNc1nc(Sc2nncn2C)c2[nH]cnc2n1. The minimum absolute atomic E-state index is 0.527. The summed E-state index contributed by atoms with van der Waals surface area (Å²) in [5.74, 6) is 0.527. The monoisotopic (exact) mass is 262 g/mol. The third-order valence-corrected chi connectivity index (χ3v) is 3.37. The Morgan fingerprint density at radius 3 is 3.00 bits per heavy atom. The van der Waals surface area contributed by atoms with Gasteiger partial charge in [0.15, 0.2) is 10.8 Å². The molecule has 0 atom stereocenters. The van der Waals surface area contributed by atoms with Crippen molar-refractivity contribution < 1.29 is 0 Å². The first-order valence-electron chi connectivity index (χ1n) is 5.18. The lowest BCUT2D eigenvalue weighted by Crippen LogP contribution is -1.99. The molecule has 0 amide bonds. The van der Waals surface area contributed by atoms with Gasteiger partial charge in [-0.3, -0.25) is 0 Å². The number of hydrogen-bond acceptors (Lipinski definition) is 7. The predicted molar refractivity (Wildman–Crippen MR) is 66.4 cm³/mol. The summed E-state index contributed by atoms with van der Waals surface area (Å²) in [6.07, 6.45) is 3.24. The van der Waals surface area contributed by atoms with Gasteiger partial charge < -0.3 is 14.9 Å². The zero-order valence-corrected chi connectivity index (χ0v) is 10.6. The maximum absolute atomic E-state index is 4.40. The van der Waals surface area contributed by atoms with Crippen LogP contribution in [0.15, 0.2) is 22.8 Å². The highest BCUT2D eigenvalue weighted by molar-refractivity contribution is 7.99. The van der Waals surface area contributed by atoms with Crippen LogP contribution in [0, 0.1) is 0 Å². The van der Waals surface area contributed by atoms with Gasteiger partial charge >= 0.3 is 0 Å². The molecule has 0 bridgehead atoms. The Kier molecular flexibility index (Phi) is 2.59. The van der Waals surface area contributed by atoms with Crippen LogP contribution in [-0.2, 0) is 7.05 Å². The van der Waals surface area contributed by atoms with Gasteiger partial charge in [-0.2, -0.15) is 4.98 Å². The van der Waals surface area contributed by atoms with Crippen LogP contribution in [0.3, 0.4) is 0 Å². The standard InChI is InChI=1S/C9H10N8S/c1-10-8-14-6-5(11-3-12-6)7(15-8)18-9-16-13-4-17(9)2/h3-4H,1-2H3,(H2,10,11,12,14,15). The number of fused-ring (bicyclic) bond motifs is 1. The molecule has 0 saturated carbocycles. The number of nitrogens with zero attached hydrogens (tertiary/aromatic N) is 6. The highest BCUT2D eigenvalue weighted by Crippen LogP contribution is 2.28. The first kappa shape index (κ1) is 11.0. The van der Waals surface area contributed by atoms with Crippen LogP contribution in [0.2, 0.25) is 0 Å². The Balaban J connectivity index is 2.10. The van der Waals surface area contributed by atoms with Crippen molar-refractivity contribution in [3.05, 3.63) is 12.7 Å². The van der Waals surface area contributed by atoms with E-state index in [4.69, 9.17) is 0 Å². The van der Waals surface area contributed by atoms with E-state index in [0.29, 0.717) is 11.6 Å². The van der Waals surface area contributed by atoms with Crippen LogP contribution in [-0.4, -0.2) is 41.7 Å². The first-order chi connectivity index (χ1) is 8.78. The van der Waals surface area contributed by atoms with E-state index >= 15 is 0 Å². The summed E-state index contributed by atoms with van der Waals surface area (Å²) in [6, 6.07) is 0. The fraction of sp³-hybridized carbons (Fsp3) is 0.222. The zero-order valence-electron chi connectivity index (χ0n) is 9.75. The molecule has 0 radical (unpaired) electrons. The molecule has 3 heterocycles. The molecule has 0 fully saturated rings. The van der Waals surface area contributed by atoms with Gasteiger partial charge in [-0.15, -0.1) is 10.2 Å². The minimum Gasteiger partial charge on any atom is -0.357 e. The second kappa shape index (κ2) is 4.26. The highest BCUT2D eigenvalue weighted by Gasteiger charge is 2.13. The molecule has 0 aliphatic carbocycles. The molecule has 8 nitrogen and oxygen atoms in total. The van der Waals surface area contributed by atoms with Gasteiger partial charge in [0.05, 0.1) is 6.33 Å². The third-order valence-electron chi connectivity index (χ3n) is 2.33. The van der Waals surface area contributed by atoms with E-state index in [1.54, 1.807) is 19.7 Å². The Labute approximate surface area is 106 Å². The molecule has 3 aromatic heterocycles. The molecule has 18 heavy (non-hydrogen) atoms. The van der Waals surface area contributed by atoms with Crippen LogP contribution in [0.1, 0.15) is 0 Å². The summed E-state index contributed by atoms with van der Waals surface area (Å²) in [6.45, 7) is 0. The molecule has 2 N–H and O–H groups in total. The molecule has 3 aromatic rings. The van der Waals surface area contributed by atoms with Crippen LogP contribution >= 0.6 is 11.8 Å². The Morgan fingerprint density at radius 2 is 2.28 bits per heavy atom. The van der Waals surface area contributed by atoms with Crippen molar-refractivity contribution in [2.24, 2.45) is 7.05 Å². The number of aromatic amines is 1. The van der Waals surface area contributed by atoms with Gasteiger partial charge in [0.1, 0.15) is 16.9 Å². The molecule has 0 spiro atoms. The van der Waals surface area contributed by atoms with Crippen LogP contribution < -0.4 is 5.32 Å². The van der Waals surface area contributed by atoms with Crippen molar-refractivity contribution in [1.29, 1.82) is 0 Å². The summed E-state index contributed by atoms with van der Waals surface area (Å²) in [5, 5.41) is 12.3. The molecular formula is C9H10N8S. The Hall–Kier alpha value is -2.16. The number of rotatable bonds is 3. The van der Waals surface area contributed by atoms with Crippen molar-refractivity contribution in [2.45, 2.75) is 10.2 Å². The van der Waals surface area contributed by atoms with E-state index in [1.807, 2.05) is 11.6 Å². The summed E-state index contributed by atoms with van der Waals surface area (Å²) in [4.78, 5) is 15.8. The normalized spacial score (nSPS) is 11.0. The van der Waals surface area contributed by atoms with Gasteiger partial charge in [0, 0.05) is 14.1 Å². The van der Waals surface area contributed by atoms with E-state index in [-0.39, 0.29) is 0 Å². The first-order valence-corrected chi connectivity index (χ1v) is 6.00. The Bertz CT molecular complexity index is 687. The summed E-state index contributed by atoms with van der Waals surface area (Å²) in [5.41, 5.74) is 1.42. The fourth-order valence-electron chi connectivity index (χ4n) is 1.44. The molecule has 0 aliphatic heterocycles. The van der Waals surface area contributed by atoms with Crippen LogP contribution in [0.4, 0.5) is 5.95 Å². The lowest BCUT2D eigenvalue weighted by atomic mass is 10.5. The average Bonchev–Trinajstić information content (AvgIpc) is 2.98.